The van der Waals surface area contributed by atoms with Crippen LogP contribution >= 0.6 is 0 Å². The zero-order valence-corrected chi connectivity index (χ0v) is 15.4. The van der Waals surface area contributed by atoms with E-state index in [4.69, 9.17) is 4.74 Å². The van der Waals surface area contributed by atoms with Crippen molar-refractivity contribution in [1.29, 1.82) is 0 Å². The minimum absolute atomic E-state index is 0.0886. The first-order valence-corrected chi connectivity index (χ1v) is 7.84. The molecule has 1 rings (SSSR count). The maximum absolute atomic E-state index is 13.5. The third kappa shape index (κ3) is 5.29. The molecule has 0 aliphatic heterocycles. The van der Waals surface area contributed by atoms with Gasteiger partial charge in [0.25, 0.3) is 0 Å². The fraction of sp³-hybridized carbons (Fsp3) is 0.529. The number of amides is 1. The summed E-state index contributed by atoms with van der Waals surface area (Å²) < 4.78 is 90.2. The molecule has 1 aromatic carbocycles. The van der Waals surface area contributed by atoms with Gasteiger partial charge in [-0.1, -0.05) is 12.1 Å². The van der Waals surface area contributed by atoms with Crippen LogP contribution in [-0.4, -0.2) is 37.1 Å². The van der Waals surface area contributed by atoms with Crippen LogP contribution in [0.15, 0.2) is 24.3 Å². The van der Waals surface area contributed by atoms with Gasteiger partial charge < -0.3 is 9.47 Å². The van der Waals surface area contributed by atoms with E-state index >= 15 is 0 Å². The number of nitrogens with one attached hydrogen (secondary N) is 1. The summed E-state index contributed by atoms with van der Waals surface area (Å²) in [4.78, 5) is 23.0. The van der Waals surface area contributed by atoms with Crippen molar-refractivity contribution in [1.82, 2.24) is 0 Å². The van der Waals surface area contributed by atoms with E-state index in [-0.39, 0.29) is 5.69 Å². The average molecular weight is 415 g/mol. The number of alkyl halides is 6. The van der Waals surface area contributed by atoms with Crippen molar-refractivity contribution < 1.29 is 45.4 Å². The summed E-state index contributed by atoms with van der Waals surface area (Å²) in [6.07, 6.45) is -14.6. The number of ether oxygens (including phenoxy) is 2. The Morgan fingerprint density at radius 3 is 1.75 bits per heavy atom. The molecule has 0 fully saturated rings. The lowest BCUT2D eigenvalue weighted by molar-refractivity contribution is -0.304. The largest absolute Gasteiger partial charge is 0.469 e. The van der Waals surface area contributed by atoms with Crippen LogP contribution in [0, 0.1) is 0 Å². The summed E-state index contributed by atoms with van der Waals surface area (Å²) >= 11 is 0. The minimum Gasteiger partial charge on any atom is -0.469 e. The van der Waals surface area contributed by atoms with Gasteiger partial charge in [-0.3, -0.25) is 10.1 Å². The molecule has 0 heterocycles. The van der Waals surface area contributed by atoms with Crippen molar-refractivity contribution in [3.8, 4) is 0 Å². The molecule has 0 aliphatic rings. The van der Waals surface area contributed by atoms with Gasteiger partial charge in [-0.05, 0) is 38.5 Å². The van der Waals surface area contributed by atoms with Gasteiger partial charge in [0.2, 0.25) is 0 Å². The van der Waals surface area contributed by atoms with Crippen LogP contribution in [0.5, 0.6) is 0 Å². The number of hydrogen-bond donors (Lipinski definition) is 1. The number of methoxy groups -OCH3 is 1. The van der Waals surface area contributed by atoms with Gasteiger partial charge in [0, 0.05) is 5.69 Å². The molecule has 1 amide bonds. The molecule has 1 N–H and O–H groups in total. The van der Waals surface area contributed by atoms with Crippen LogP contribution < -0.4 is 5.32 Å². The lowest BCUT2D eigenvalue weighted by Crippen LogP contribution is -2.55. The third-order valence-electron chi connectivity index (χ3n) is 3.63. The Morgan fingerprint density at radius 2 is 1.39 bits per heavy atom. The SMILES string of the molecule is COC(=O)CC(c1ccc(NC(=O)OC(C)(C)C)cc1)(C(F)(F)F)C(F)(F)F. The van der Waals surface area contributed by atoms with Crippen molar-refractivity contribution in [2.75, 3.05) is 12.4 Å². The highest BCUT2D eigenvalue weighted by atomic mass is 19.4. The van der Waals surface area contributed by atoms with Gasteiger partial charge in [0.1, 0.15) is 5.60 Å². The standard InChI is InChI=1S/C17H19F6NO4/c1-14(2,3)28-13(26)24-11-7-5-10(6-8-11)15(16(18,19)20,17(21,22)23)9-12(25)27-4/h5-8H,9H2,1-4H3,(H,24,26). The van der Waals surface area contributed by atoms with E-state index in [0.29, 0.717) is 19.2 Å². The van der Waals surface area contributed by atoms with Crippen LogP contribution in [0.1, 0.15) is 32.8 Å². The van der Waals surface area contributed by atoms with Crippen molar-refractivity contribution in [3.63, 3.8) is 0 Å². The van der Waals surface area contributed by atoms with E-state index in [0.717, 1.165) is 12.1 Å². The van der Waals surface area contributed by atoms with Crippen LogP contribution in [0.4, 0.5) is 36.8 Å². The maximum atomic E-state index is 13.5. The molecule has 1 aromatic rings. The van der Waals surface area contributed by atoms with Gasteiger partial charge in [-0.15, -0.1) is 0 Å². The molecule has 5 nitrogen and oxygen atoms in total. The van der Waals surface area contributed by atoms with Crippen LogP contribution in [0.2, 0.25) is 0 Å². The second kappa shape index (κ2) is 7.88. The number of carbonyl (C=O) groups excluding carboxylic acids is 2. The highest BCUT2D eigenvalue weighted by Crippen LogP contribution is 2.54. The number of halogens is 6. The molecule has 0 spiro atoms. The molecule has 0 aliphatic carbocycles. The molecule has 0 saturated carbocycles. The fourth-order valence-electron chi connectivity index (χ4n) is 2.34. The molecule has 28 heavy (non-hydrogen) atoms. The van der Waals surface area contributed by atoms with Crippen LogP contribution in [0.25, 0.3) is 0 Å². The summed E-state index contributed by atoms with van der Waals surface area (Å²) in [6, 6.07) is 2.78. The molecule has 158 valence electrons. The van der Waals surface area contributed by atoms with E-state index in [1.807, 2.05) is 0 Å². The number of rotatable bonds is 4. The Bertz CT molecular complexity index is 690. The maximum Gasteiger partial charge on any atom is 0.412 e. The Hall–Kier alpha value is -2.46. The van der Waals surface area contributed by atoms with Crippen molar-refractivity contribution in [2.45, 2.75) is 50.6 Å². The smallest absolute Gasteiger partial charge is 0.412 e. The first-order valence-electron chi connectivity index (χ1n) is 7.84. The number of esters is 1. The quantitative estimate of drug-likeness (QED) is 0.558. The summed E-state index contributed by atoms with van der Waals surface area (Å²) in [6.45, 7) is 4.72. The number of benzene rings is 1. The molecule has 0 unspecified atom stereocenters. The van der Waals surface area contributed by atoms with E-state index in [1.165, 1.54) is 0 Å². The second-order valence-electron chi connectivity index (χ2n) is 6.86. The summed E-state index contributed by atoms with van der Waals surface area (Å²) in [7, 11) is 0.688. The lowest BCUT2D eigenvalue weighted by Gasteiger charge is -2.37. The topological polar surface area (TPSA) is 64.6 Å². The normalized spacial score (nSPS) is 13.1. The molecule has 0 saturated heterocycles. The van der Waals surface area contributed by atoms with Gasteiger partial charge in [-0.25, -0.2) is 4.79 Å². The van der Waals surface area contributed by atoms with E-state index in [1.54, 1.807) is 20.8 Å². The second-order valence-corrected chi connectivity index (χ2v) is 6.86. The first-order chi connectivity index (χ1) is 12.5. The van der Waals surface area contributed by atoms with Crippen molar-refractivity contribution in [2.24, 2.45) is 0 Å². The van der Waals surface area contributed by atoms with Gasteiger partial charge in [-0.2, -0.15) is 26.3 Å². The molecular weight excluding hydrogens is 396 g/mol. The lowest BCUT2D eigenvalue weighted by atomic mass is 9.76. The number of carbonyl (C=O) groups is 2. The Balaban J connectivity index is 3.33. The van der Waals surface area contributed by atoms with Crippen molar-refractivity contribution >= 4 is 17.7 Å². The monoisotopic (exact) mass is 415 g/mol. The Labute approximate surface area is 157 Å². The number of anilines is 1. The summed E-state index contributed by atoms with van der Waals surface area (Å²) in [5.74, 6) is -1.68. The van der Waals surface area contributed by atoms with E-state index < -0.39 is 47.4 Å². The average Bonchev–Trinajstić information content (AvgIpc) is 2.48. The van der Waals surface area contributed by atoms with E-state index in [9.17, 15) is 35.9 Å². The highest BCUT2D eigenvalue weighted by Gasteiger charge is 2.72. The molecule has 0 radical (unpaired) electrons. The van der Waals surface area contributed by atoms with Gasteiger partial charge in [0.15, 0.2) is 5.41 Å². The predicted molar refractivity (Wildman–Crippen MR) is 86.7 cm³/mol. The molecule has 0 atom stereocenters. The molecule has 0 aromatic heterocycles. The third-order valence-corrected chi connectivity index (χ3v) is 3.63. The molecule has 11 heteroatoms. The van der Waals surface area contributed by atoms with Crippen molar-refractivity contribution in [3.05, 3.63) is 29.8 Å². The first kappa shape index (κ1) is 23.6. The highest BCUT2D eigenvalue weighted by molar-refractivity contribution is 5.84. The molecule has 0 bridgehead atoms. The van der Waals surface area contributed by atoms with E-state index in [2.05, 4.69) is 10.1 Å². The Kier molecular flexibility index (Phi) is 6.64. The van der Waals surface area contributed by atoms with Crippen LogP contribution in [-0.2, 0) is 19.7 Å². The van der Waals surface area contributed by atoms with Gasteiger partial charge >= 0.3 is 24.4 Å². The fourth-order valence-corrected chi connectivity index (χ4v) is 2.34. The predicted octanol–water partition coefficient (Wildman–Crippen LogP) is 4.96. The molecular formula is C17H19F6NO4. The Morgan fingerprint density at radius 1 is 0.929 bits per heavy atom. The van der Waals surface area contributed by atoms with Gasteiger partial charge in [0.05, 0.1) is 13.5 Å². The zero-order chi connectivity index (χ0) is 22.0. The minimum atomic E-state index is -5.83. The number of hydrogen-bond acceptors (Lipinski definition) is 4. The summed E-state index contributed by atoms with van der Waals surface area (Å²) in [5.41, 5.74) is -6.62. The summed E-state index contributed by atoms with van der Waals surface area (Å²) in [5, 5.41) is 2.19. The zero-order valence-electron chi connectivity index (χ0n) is 15.4. The van der Waals surface area contributed by atoms with Crippen LogP contribution in [0.3, 0.4) is 0 Å².